The second kappa shape index (κ2) is 9.75. The van der Waals surface area contributed by atoms with Crippen LogP contribution in [0.5, 0.6) is 17.2 Å². The molecule has 1 aliphatic rings. The molecule has 31 heavy (non-hydrogen) atoms. The maximum absolute atomic E-state index is 11.2. The maximum Gasteiger partial charge on any atom is 0.303 e. The SMILES string of the molecule is CC(=O)OC1COc2cc(OCc3ccc(OCCc4ccccc4)cc3Cl)ccc21. The molecule has 0 bridgehead atoms. The van der Waals surface area contributed by atoms with Crippen LogP contribution < -0.4 is 14.2 Å². The number of esters is 1. The Hall–Kier alpha value is -3.18. The van der Waals surface area contributed by atoms with Gasteiger partial charge in [-0.25, -0.2) is 0 Å². The van der Waals surface area contributed by atoms with Crippen molar-refractivity contribution in [3.63, 3.8) is 0 Å². The Balaban J connectivity index is 1.31. The van der Waals surface area contributed by atoms with Crippen LogP contribution in [0.25, 0.3) is 0 Å². The molecule has 0 saturated carbocycles. The van der Waals surface area contributed by atoms with Crippen molar-refractivity contribution in [1.29, 1.82) is 0 Å². The summed E-state index contributed by atoms with van der Waals surface area (Å²) in [6.45, 7) is 2.60. The molecule has 6 heteroatoms. The first kappa shape index (κ1) is 21.1. The van der Waals surface area contributed by atoms with E-state index in [0.29, 0.717) is 36.3 Å². The van der Waals surface area contributed by atoms with Crippen molar-refractivity contribution >= 4 is 17.6 Å². The van der Waals surface area contributed by atoms with E-state index in [1.54, 1.807) is 12.1 Å². The molecule has 3 aromatic carbocycles. The van der Waals surface area contributed by atoms with Crippen LogP contribution in [0, 0.1) is 0 Å². The molecule has 0 N–H and O–H groups in total. The number of fused-ring (bicyclic) bond motifs is 1. The number of benzene rings is 3. The lowest BCUT2D eigenvalue weighted by Crippen LogP contribution is -2.09. The normalized spacial score (nSPS) is 14.5. The fourth-order valence-electron chi connectivity index (χ4n) is 3.38. The average molecular weight is 439 g/mol. The summed E-state index contributed by atoms with van der Waals surface area (Å²) in [4.78, 5) is 11.2. The van der Waals surface area contributed by atoms with E-state index in [2.05, 4.69) is 12.1 Å². The molecular formula is C25H23ClO5. The molecule has 1 heterocycles. The lowest BCUT2D eigenvalue weighted by atomic mass is 10.1. The lowest BCUT2D eigenvalue weighted by molar-refractivity contribution is -0.147. The van der Waals surface area contributed by atoms with E-state index in [0.717, 1.165) is 23.3 Å². The highest BCUT2D eigenvalue weighted by Crippen LogP contribution is 2.37. The van der Waals surface area contributed by atoms with Crippen LogP contribution in [-0.2, 0) is 22.6 Å². The first-order valence-electron chi connectivity index (χ1n) is 10.1. The molecule has 0 spiro atoms. The Kier molecular flexibility index (Phi) is 6.63. The van der Waals surface area contributed by atoms with Gasteiger partial charge in [-0.15, -0.1) is 0 Å². The third kappa shape index (κ3) is 5.50. The molecule has 160 valence electrons. The number of rotatable bonds is 8. The van der Waals surface area contributed by atoms with Gasteiger partial charge in [0.25, 0.3) is 0 Å². The Bertz CT molecular complexity index is 1050. The monoisotopic (exact) mass is 438 g/mol. The van der Waals surface area contributed by atoms with E-state index in [-0.39, 0.29) is 12.1 Å². The summed E-state index contributed by atoms with van der Waals surface area (Å²) in [6, 6.07) is 21.3. The summed E-state index contributed by atoms with van der Waals surface area (Å²) in [5, 5.41) is 0.588. The number of hydrogen-bond donors (Lipinski definition) is 0. The number of carbonyl (C=O) groups is 1. The van der Waals surface area contributed by atoms with Crippen LogP contribution in [-0.4, -0.2) is 19.2 Å². The van der Waals surface area contributed by atoms with Gasteiger partial charge in [-0.2, -0.15) is 0 Å². The molecular weight excluding hydrogens is 416 g/mol. The van der Waals surface area contributed by atoms with E-state index in [1.807, 2.05) is 42.5 Å². The zero-order valence-corrected chi connectivity index (χ0v) is 17.9. The van der Waals surface area contributed by atoms with Crippen LogP contribution in [0.1, 0.15) is 29.7 Å². The van der Waals surface area contributed by atoms with E-state index >= 15 is 0 Å². The third-order valence-electron chi connectivity index (χ3n) is 4.95. The van der Waals surface area contributed by atoms with Gasteiger partial charge in [-0.1, -0.05) is 48.0 Å². The smallest absolute Gasteiger partial charge is 0.303 e. The molecule has 1 unspecified atom stereocenters. The minimum atomic E-state index is -0.370. The van der Waals surface area contributed by atoms with Gasteiger partial charge in [0.2, 0.25) is 0 Å². The number of halogens is 1. The Morgan fingerprint density at radius 2 is 1.81 bits per heavy atom. The van der Waals surface area contributed by atoms with Crippen LogP contribution in [0.4, 0.5) is 0 Å². The van der Waals surface area contributed by atoms with Crippen molar-refractivity contribution in [3.05, 3.63) is 88.4 Å². The molecule has 3 aromatic rings. The van der Waals surface area contributed by atoms with E-state index in [4.69, 9.17) is 30.5 Å². The van der Waals surface area contributed by atoms with Crippen molar-refractivity contribution in [2.45, 2.75) is 26.1 Å². The Labute approximate surface area is 186 Å². The van der Waals surface area contributed by atoms with Gasteiger partial charge in [0.1, 0.15) is 30.5 Å². The highest BCUT2D eigenvalue weighted by molar-refractivity contribution is 6.31. The van der Waals surface area contributed by atoms with E-state index < -0.39 is 0 Å². The fourth-order valence-corrected chi connectivity index (χ4v) is 3.60. The van der Waals surface area contributed by atoms with E-state index in [9.17, 15) is 4.79 Å². The van der Waals surface area contributed by atoms with Crippen LogP contribution in [0.3, 0.4) is 0 Å². The highest BCUT2D eigenvalue weighted by atomic mass is 35.5. The molecule has 4 rings (SSSR count). The second-order valence-corrected chi connectivity index (χ2v) is 7.64. The Morgan fingerprint density at radius 3 is 2.58 bits per heavy atom. The predicted octanol–water partition coefficient (Wildman–Crippen LogP) is 5.54. The quantitative estimate of drug-likeness (QED) is 0.432. The molecule has 0 aliphatic carbocycles. The standard InChI is InChI=1S/C25H23ClO5/c1-17(27)31-25-16-30-24-14-21(9-10-22(24)25)29-15-19-7-8-20(13-23(19)26)28-12-11-18-5-3-2-4-6-18/h2-10,13-14,25H,11-12,15-16H2,1H3. The summed E-state index contributed by atoms with van der Waals surface area (Å²) in [5.74, 6) is 1.72. The van der Waals surface area contributed by atoms with Crippen LogP contribution >= 0.6 is 11.6 Å². The number of hydrogen-bond acceptors (Lipinski definition) is 5. The lowest BCUT2D eigenvalue weighted by Gasteiger charge is -2.12. The molecule has 0 aromatic heterocycles. The molecule has 5 nitrogen and oxygen atoms in total. The summed E-state index contributed by atoms with van der Waals surface area (Å²) < 4.78 is 22.6. The van der Waals surface area contributed by atoms with Crippen molar-refractivity contribution in [2.24, 2.45) is 0 Å². The first-order chi connectivity index (χ1) is 15.1. The van der Waals surface area contributed by atoms with Crippen LogP contribution in [0.15, 0.2) is 66.7 Å². The van der Waals surface area contributed by atoms with Crippen molar-refractivity contribution < 1.29 is 23.7 Å². The van der Waals surface area contributed by atoms with Crippen molar-refractivity contribution in [3.8, 4) is 17.2 Å². The van der Waals surface area contributed by atoms with Gasteiger partial charge in [-0.3, -0.25) is 4.79 Å². The summed E-state index contributed by atoms with van der Waals surface area (Å²) in [6.07, 6.45) is 0.465. The molecule has 0 saturated heterocycles. The topological polar surface area (TPSA) is 54.0 Å². The molecule has 1 atom stereocenters. The molecule has 0 amide bonds. The number of carbonyl (C=O) groups excluding carboxylic acids is 1. The van der Waals surface area contributed by atoms with E-state index in [1.165, 1.54) is 12.5 Å². The van der Waals surface area contributed by atoms with Gasteiger partial charge in [-0.05, 0) is 29.8 Å². The third-order valence-corrected chi connectivity index (χ3v) is 5.30. The zero-order valence-electron chi connectivity index (χ0n) is 17.2. The first-order valence-corrected chi connectivity index (χ1v) is 10.5. The molecule has 1 aliphatic heterocycles. The second-order valence-electron chi connectivity index (χ2n) is 7.23. The minimum absolute atomic E-state index is 0.315. The van der Waals surface area contributed by atoms with Gasteiger partial charge < -0.3 is 18.9 Å². The average Bonchev–Trinajstić information content (AvgIpc) is 3.15. The molecule has 0 fully saturated rings. The largest absolute Gasteiger partial charge is 0.493 e. The maximum atomic E-state index is 11.2. The Morgan fingerprint density at radius 1 is 1.03 bits per heavy atom. The fraction of sp³-hybridized carbons (Fsp3) is 0.240. The summed E-state index contributed by atoms with van der Waals surface area (Å²) >= 11 is 6.42. The molecule has 0 radical (unpaired) electrons. The summed E-state index contributed by atoms with van der Waals surface area (Å²) in [7, 11) is 0. The van der Waals surface area contributed by atoms with Crippen molar-refractivity contribution in [1.82, 2.24) is 0 Å². The minimum Gasteiger partial charge on any atom is -0.493 e. The van der Waals surface area contributed by atoms with Gasteiger partial charge in [0.15, 0.2) is 6.10 Å². The van der Waals surface area contributed by atoms with Crippen molar-refractivity contribution in [2.75, 3.05) is 13.2 Å². The van der Waals surface area contributed by atoms with Gasteiger partial charge in [0, 0.05) is 30.5 Å². The number of ether oxygens (including phenoxy) is 4. The van der Waals surface area contributed by atoms with Crippen LogP contribution in [0.2, 0.25) is 5.02 Å². The predicted molar refractivity (Wildman–Crippen MR) is 118 cm³/mol. The highest BCUT2D eigenvalue weighted by Gasteiger charge is 2.27. The van der Waals surface area contributed by atoms with Gasteiger partial charge in [0.05, 0.1) is 11.6 Å². The van der Waals surface area contributed by atoms with Gasteiger partial charge >= 0.3 is 5.97 Å². The zero-order chi connectivity index (χ0) is 21.6. The summed E-state index contributed by atoms with van der Waals surface area (Å²) in [5.41, 5.74) is 2.94.